The van der Waals surface area contributed by atoms with Crippen molar-refractivity contribution in [3.8, 4) is 0 Å². The van der Waals surface area contributed by atoms with Crippen LogP contribution >= 0.6 is 11.3 Å². The standard InChI is InChI=1S/C13H18OS/c1-3-4-5-7-12(11(2)14)10-13-8-6-9-15-13/h6,8-10H,3-5,7H2,1-2H3. The van der Waals surface area contributed by atoms with Crippen LogP contribution in [0.5, 0.6) is 0 Å². The van der Waals surface area contributed by atoms with E-state index in [4.69, 9.17) is 0 Å². The first-order valence-corrected chi connectivity index (χ1v) is 6.37. The quantitative estimate of drug-likeness (QED) is 0.518. The lowest BCUT2D eigenvalue weighted by atomic mass is 10.0. The number of hydrogen-bond donors (Lipinski definition) is 0. The number of unbranched alkanes of at least 4 members (excludes halogenated alkanes) is 2. The molecule has 0 atom stereocenters. The van der Waals surface area contributed by atoms with Crippen molar-refractivity contribution < 1.29 is 4.79 Å². The fraction of sp³-hybridized carbons (Fsp3) is 0.462. The third-order valence-electron chi connectivity index (χ3n) is 2.36. The Kier molecular flexibility index (Phi) is 5.33. The van der Waals surface area contributed by atoms with E-state index in [2.05, 4.69) is 6.92 Å². The molecule has 0 saturated heterocycles. The molecule has 0 aromatic carbocycles. The first-order chi connectivity index (χ1) is 7.24. The average Bonchev–Trinajstić information content (AvgIpc) is 2.69. The zero-order valence-electron chi connectivity index (χ0n) is 9.45. The molecule has 1 aromatic rings. The minimum absolute atomic E-state index is 0.208. The smallest absolute Gasteiger partial charge is 0.155 e. The monoisotopic (exact) mass is 222 g/mol. The van der Waals surface area contributed by atoms with Gasteiger partial charge in [-0.1, -0.05) is 25.8 Å². The predicted octanol–water partition coefficient (Wildman–Crippen LogP) is 4.30. The van der Waals surface area contributed by atoms with Crippen LogP contribution in [0.2, 0.25) is 0 Å². The zero-order valence-corrected chi connectivity index (χ0v) is 10.3. The number of rotatable bonds is 6. The summed E-state index contributed by atoms with van der Waals surface area (Å²) < 4.78 is 0. The molecule has 0 saturated carbocycles. The third-order valence-corrected chi connectivity index (χ3v) is 3.18. The summed E-state index contributed by atoms with van der Waals surface area (Å²) in [5.74, 6) is 0.208. The van der Waals surface area contributed by atoms with Gasteiger partial charge in [0, 0.05) is 4.88 Å². The van der Waals surface area contributed by atoms with Gasteiger partial charge in [0.15, 0.2) is 5.78 Å². The Morgan fingerprint density at radius 3 is 2.80 bits per heavy atom. The predicted molar refractivity (Wildman–Crippen MR) is 67.1 cm³/mol. The Hall–Kier alpha value is -0.890. The van der Waals surface area contributed by atoms with Crippen LogP contribution < -0.4 is 0 Å². The average molecular weight is 222 g/mol. The van der Waals surface area contributed by atoms with Crippen molar-refractivity contribution in [2.45, 2.75) is 39.5 Å². The van der Waals surface area contributed by atoms with Crippen LogP contribution in [0.25, 0.3) is 6.08 Å². The summed E-state index contributed by atoms with van der Waals surface area (Å²) in [5.41, 5.74) is 0.964. The van der Waals surface area contributed by atoms with Crippen molar-refractivity contribution in [1.29, 1.82) is 0 Å². The van der Waals surface area contributed by atoms with Crippen LogP contribution in [0, 0.1) is 0 Å². The number of carbonyl (C=O) groups is 1. The van der Waals surface area contributed by atoms with Crippen molar-refractivity contribution in [3.63, 3.8) is 0 Å². The van der Waals surface area contributed by atoms with Crippen molar-refractivity contribution in [2.24, 2.45) is 0 Å². The lowest BCUT2D eigenvalue weighted by Gasteiger charge is -2.02. The van der Waals surface area contributed by atoms with E-state index in [9.17, 15) is 4.79 Å². The summed E-state index contributed by atoms with van der Waals surface area (Å²) in [5, 5.41) is 2.04. The molecule has 1 aromatic heterocycles. The second-order valence-corrected chi connectivity index (χ2v) is 4.68. The van der Waals surface area contributed by atoms with Gasteiger partial charge in [0.25, 0.3) is 0 Å². The molecule has 1 rings (SSSR count). The molecular weight excluding hydrogens is 204 g/mol. The van der Waals surface area contributed by atoms with Gasteiger partial charge in [0.05, 0.1) is 0 Å². The minimum Gasteiger partial charge on any atom is -0.295 e. The summed E-state index contributed by atoms with van der Waals surface area (Å²) in [4.78, 5) is 12.6. The van der Waals surface area contributed by atoms with Gasteiger partial charge in [0.1, 0.15) is 0 Å². The van der Waals surface area contributed by atoms with Gasteiger partial charge in [-0.25, -0.2) is 0 Å². The van der Waals surface area contributed by atoms with Crippen LogP contribution in [-0.4, -0.2) is 5.78 Å². The molecule has 0 aliphatic carbocycles. The molecule has 15 heavy (non-hydrogen) atoms. The molecule has 1 heterocycles. The number of ketones is 1. The fourth-order valence-electron chi connectivity index (χ4n) is 1.46. The van der Waals surface area contributed by atoms with E-state index >= 15 is 0 Å². The molecule has 1 nitrogen and oxygen atoms in total. The zero-order chi connectivity index (χ0) is 11.1. The largest absolute Gasteiger partial charge is 0.295 e. The Bertz CT molecular complexity index is 322. The molecule has 0 N–H and O–H groups in total. The van der Waals surface area contributed by atoms with E-state index in [1.807, 2.05) is 23.6 Å². The van der Waals surface area contributed by atoms with Crippen LogP contribution in [0.3, 0.4) is 0 Å². The van der Waals surface area contributed by atoms with E-state index in [-0.39, 0.29) is 5.78 Å². The molecule has 0 spiro atoms. The van der Waals surface area contributed by atoms with Crippen molar-refractivity contribution in [1.82, 2.24) is 0 Å². The Labute approximate surface area is 95.8 Å². The summed E-state index contributed by atoms with van der Waals surface area (Å²) in [7, 11) is 0. The highest BCUT2D eigenvalue weighted by atomic mass is 32.1. The maximum absolute atomic E-state index is 11.4. The number of hydrogen-bond acceptors (Lipinski definition) is 2. The number of allylic oxidation sites excluding steroid dienone is 1. The summed E-state index contributed by atoms with van der Waals surface area (Å²) >= 11 is 1.68. The van der Waals surface area contributed by atoms with Gasteiger partial charge in [-0.2, -0.15) is 0 Å². The van der Waals surface area contributed by atoms with Crippen LogP contribution in [-0.2, 0) is 4.79 Å². The van der Waals surface area contributed by atoms with E-state index in [1.54, 1.807) is 18.3 Å². The topological polar surface area (TPSA) is 17.1 Å². The highest BCUT2D eigenvalue weighted by Crippen LogP contribution is 2.18. The third kappa shape index (κ3) is 4.43. The molecule has 0 unspecified atom stereocenters. The van der Waals surface area contributed by atoms with Crippen LogP contribution in [0.15, 0.2) is 23.1 Å². The van der Waals surface area contributed by atoms with Gasteiger partial charge >= 0.3 is 0 Å². The highest BCUT2D eigenvalue weighted by molar-refractivity contribution is 7.10. The van der Waals surface area contributed by atoms with Gasteiger partial charge < -0.3 is 0 Å². The molecular formula is C13H18OS. The normalized spacial score (nSPS) is 11.7. The maximum atomic E-state index is 11.4. The summed E-state index contributed by atoms with van der Waals surface area (Å²) in [6, 6.07) is 4.06. The highest BCUT2D eigenvalue weighted by Gasteiger charge is 2.03. The minimum atomic E-state index is 0.208. The Morgan fingerprint density at radius 2 is 2.27 bits per heavy atom. The van der Waals surface area contributed by atoms with Crippen molar-refractivity contribution in [2.75, 3.05) is 0 Å². The fourth-order valence-corrected chi connectivity index (χ4v) is 2.14. The van der Waals surface area contributed by atoms with Gasteiger partial charge in [-0.15, -0.1) is 11.3 Å². The van der Waals surface area contributed by atoms with Gasteiger partial charge in [-0.3, -0.25) is 4.79 Å². The summed E-state index contributed by atoms with van der Waals surface area (Å²) in [6.45, 7) is 3.84. The number of thiophene rings is 1. The lowest BCUT2D eigenvalue weighted by Crippen LogP contribution is -1.96. The molecule has 0 fully saturated rings. The number of Topliss-reactive ketones (excluding diaryl/α,β-unsaturated/α-hetero) is 1. The molecule has 0 radical (unpaired) electrons. The van der Waals surface area contributed by atoms with E-state index in [1.165, 1.54) is 17.7 Å². The van der Waals surface area contributed by atoms with E-state index < -0.39 is 0 Å². The van der Waals surface area contributed by atoms with E-state index in [0.717, 1.165) is 18.4 Å². The first-order valence-electron chi connectivity index (χ1n) is 5.49. The van der Waals surface area contributed by atoms with Crippen LogP contribution in [0.4, 0.5) is 0 Å². The van der Waals surface area contributed by atoms with Gasteiger partial charge in [-0.05, 0) is 42.9 Å². The molecule has 0 aliphatic heterocycles. The Balaban J connectivity index is 2.61. The molecule has 0 amide bonds. The molecule has 0 aliphatic rings. The molecule has 2 heteroatoms. The molecule has 82 valence electrons. The maximum Gasteiger partial charge on any atom is 0.155 e. The second-order valence-electron chi connectivity index (χ2n) is 3.70. The van der Waals surface area contributed by atoms with E-state index in [0.29, 0.717) is 0 Å². The lowest BCUT2D eigenvalue weighted by molar-refractivity contribution is -0.113. The SMILES string of the molecule is CCCCCC(=Cc1cccs1)C(C)=O. The number of carbonyl (C=O) groups excluding carboxylic acids is 1. The second kappa shape index (κ2) is 6.57. The van der Waals surface area contributed by atoms with Crippen molar-refractivity contribution in [3.05, 3.63) is 28.0 Å². The Morgan fingerprint density at radius 1 is 1.47 bits per heavy atom. The van der Waals surface area contributed by atoms with Crippen LogP contribution in [0.1, 0.15) is 44.4 Å². The van der Waals surface area contributed by atoms with Gasteiger partial charge in [0.2, 0.25) is 0 Å². The summed E-state index contributed by atoms with van der Waals surface area (Å²) in [6.07, 6.45) is 6.47. The van der Waals surface area contributed by atoms with Crippen molar-refractivity contribution >= 4 is 23.2 Å². The molecule has 0 bridgehead atoms. The first kappa shape index (κ1) is 12.2.